The van der Waals surface area contributed by atoms with Gasteiger partial charge in [-0.25, -0.2) is 0 Å². The first kappa shape index (κ1) is 33.2. The van der Waals surface area contributed by atoms with Crippen molar-refractivity contribution < 1.29 is 60.0 Å². The number of phenols is 2. The fourth-order valence-electron chi connectivity index (χ4n) is 3.69. The normalized spacial score (nSPS) is 13.3. The maximum atomic E-state index is 12.1. The van der Waals surface area contributed by atoms with Gasteiger partial charge in [0.05, 0.1) is 0 Å². The number of aromatic hydroxyl groups is 2. The van der Waals surface area contributed by atoms with Crippen LogP contribution in [0.1, 0.15) is 0 Å². The molecule has 8 N–H and O–H groups in total. The van der Waals surface area contributed by atoms with Gasteiger partial charge in [0.25, 0.3) is 0 Å². The Morgan fingerprint density at radius 3 is 1.14 bits per heavy atom. The molecule has 0 aliphatic carbocycles. The quantitative estimate of drug-likeness (QED) is 0.0694. The van der Waals surface area contributed by atoms with E-state index in [9.17, 15) is 60.0 Å². The number of phenolic OH excluding ortho intramolecular Hbond substituents is 2. The van der Waals surface area contributed by atoms with E-state index in [1.165, 1.54) is 0 Å². The topological polar surface area (TPSA) is 314 Å². The Labute approximate surface area is 252 Å². The monoisotopic (exact) mass is 776 g/mol. The second kappa shape index (κ2) is 11.7. The molecular weight excluding hydrogens is 758 g/mol. The van der Waals surface area contributed by atoms with Gasteiger partial charge in [-0.05, 0) is 0 Å². The molecule has 0 fully saturated rings. The van der Waals surface area contributed by atoms with Gasteiger partial charge in [-0.1, -0.05) is 0 Å². The summed E-state index contributed by atoms with van der Waals surface area (Å²) in [6.45, 7) is 0. The molecule has 4 rings (SSSR count). The molecule has 4 aromatic carbocycles. The van der Waals surface area contributed by atoms with Crippen molar-refractivity contribution in [2.24, 2.45) is 20.5 Å². The van der Waals surface area contributed by atoms with Gasteiger partial charge in [-0.2, -0.15) is 0 Å². The van der Waals surface area contributed by atoms with E-state index in [4.69, 9.17) is 0 Å². The summed E-state index contributed by atoms with van der Waals surface area (Å²) in [6, 6.07) is 9.73. The minimum absolute atomic E-state index is 0.0927. The molecule has 0 saturated heterocycles. The molecule has 44 heavy (non-hydrogen) atoms. The first-order valence-electron chi connectivity index (χ1n) is 11.3. The summed E-state index contributed by atoms with van der Waals surface area (Å²) in [5, 5.41) is 35.3. The molecule has 0 radical (unpaired) electrons. The van der Waals surface area contributed by atoms with E-state index in [1.54, 1.807) is 0 Å². The molecule has 18 nitrogen and oxygen atoms in total. The molecule has 0 spiro atoms. The Balaban J connectivity index is 1.93. The molecule has 0 saturated carbocycles. The van der Waals surface area contributed by atoms with Crippen LogP contribution in [-0.2, 0) is 27.7 Å². The molecule has 0 heterocycles. The first-order valence-corrected chi connectivity index (χ1v) is 21.0. The molecule has 0 unspecified atom stereocenters. The van der Waals surface area contributed by atoms with Crippen LogP contribution in [0.2, 0.25) is 0 Å². The van der Waals surface area contributed by atoms with Crippen LogP contribution in [-0.4, -0.2) is 80.9 Å². The third-order valence-electron chi connectivity index (χ3n) is 5.71. The van der Waals surface area contributed by atoms with Gasteiger partial charge in [-0.3, -0.25) is 0 Å². The zero-order valence-electron chi connectivity index (χ0n) is 21.3. The zero-order valence-corrected chi connectivity index (χ0v) is 26.7. The summed E-state index contributed by atoms with van der Waals surface area (Å²) >= 11 is -10.5. The van der Waals surface area contributed by atoms with E-state index in [-0.39, 0.29) is 20.1 Å². The molecule has 0 amide bonds. The van der Waals surface area contributed by atoms with Crippen molar-refractivity contribution in [2.75, 3.05) is 0 Å². The molecule has 0 atom stereocenters. The number of azo groups is 2. The summed E-state index contributed by atoms with van der Waals surface area (Å²) in [6.07, 6.45) is 0. The van der Waals surface area contributed by atoms with Crippen LogP contribution in [0.25, 0.3) is 10.8 Å². The van der Waals surface area contributed by atoms with Gasteiger partial charge in [0.1, 0.15) is 0 Å². The van der Waals surface area contributed by atoms with Crippen LogP contribution < -0.4 is 8.70 Å². The first-order chi connectivity index (χ1) is 20.2. The second-order valence-electron chi connectivity index (χ2n) is 8.71. The van der Waals surface area contributed by atoms with Crippen LogP contribution in [0.4, 0.5) is 22.7 Å². The third kappa shape index (κ3) is 7.16. The molecule has 4 aromatic rings. The van der Waals surface area contributed by atoms with Crippen molar-refractivity contribution >= 4 is 90.8 Å². The van der Waals surface area contributed by atoms with Gasteiger partial charge < -0.3 is 0 Å². The molecule has 22 heteroatoms. The van der Waals surface area contributed by atoms with Crippen molar-refractivity contribution in [3.8, 4) is 11.5 Å². The SMILES string of the molecule is O=S(=O)(O)c1cc2cc(S(=O)(=O)O)c(N=Nc3ccc([As](=O)(O)O)cc3)c(O)c2c(O)c1N=Nc1ccc([As](=O)(O)O)cc1. The molecule has 0 bridgehead atoms. The minimum atomic E-state index is -5.24. The van der Waals surface area contributed by atoms with E-state index in [0.29, 0.717) is 12.1 Å². The fraction of sp³-hybridized carbons (Fsp3) is 0. The second-order valence-corrected chi connectivity index (χ2v) is 18.2. The van der Waals surface area contributed by atoms with Crippen molar-refractivity contribution in [1.29, 1.82) is 0 Å². The van der Waals surface area contributed by atoms with Crippen molar-refractivity contribution in [3.63, 3.8) is 0 Å². The fourth-order valence-corrected chi connectivity index (χ4v) is 7.26. The summed E-state index contributed by atoms with van der Waals surface area (Å²) in [5.74, 6) is -2.31. The number of rotatable bonds is 8. The Hall–Kier alpha value is -3.68. The Bertz CT molecular complexity index is 2020. The van der Waals surface area contributed by atoms with Crippen LogP contribution >= 0.6 is 0 Å². The van der Waals surface area contributed by atoms with Crippen LogP contribution in [0.3, 0.4) is 0 Å². The van der Waals surface area contributed by atoms with E-state index in [0.717, 1.165) is 48.5 Å². The van der Waals surface area contributed by atoms with Crippen molar-refractivity contribution in [2.45, 2.75) is 9.79 Å². The third-order valence-corrected chi connectivity index (χ3v) is 11.5. The number of benzene rings is 4. The number of hydrogen-bond donors (Lipinski definition) is 8. The average molecular weight is 776 g/mol. The van der Waals surface area contributed by atoms with E-state index >= 15 is 0 Å². The molecule has 232 valence electrons. The summed E-state index contributed by atoms with van der Waals surface area (Å²) < 4.78 is 127. The predicted octanol–water partition coefficient (Wildman–Crippen LogP) is 0.697. The zero-order chi connectivity index (χ0) is 32.8. The standard InChI is InChI=1S/C22H18As2N4O14S2/c29-21-18-11(9-16(43(37,38)39)19(21)27-25-14-5-1-12(2-6-14)23(31,32)33)10-17(44(40,41)42)20(22(18)30)28-26-15-7-3-13(4-8-15)24(34,35)36/h1-10,29-30H,(H2,31,32,33)(H2,34,35,36)(H,37,38,39)(H,40,41,42). The van der Waals surface area contributed by atoms with E-state index in [1.807, 2.05) is 0 Å². The molecule has 0 aromatic heterocycles. The Morgan fingerprint density at radius 1 is 0.545 bits per heavy atom. The average Bonchev–Trinajstić information content (AvgIpc) is 2.90. The number of hydrogen-bond acceptors (Lipinski definition) is 12. The number of fused-ring (bicyclic) bond motifs is 1. The number of nitrogens with zero attached hydrogens (tertiary/aromatic N) is 4. The van der Waals surface area contributed by atoms with Gasteiger partial charge in [-0.15, -0.1) is 0 Å². The van der Waals surface area contributed by atoms with E-state index < -0.39 is 92.0 Å². The van der Waals surface area contributed by atoms with E-state index in [2.05, 4.69) is 20.5 Å². The Morgan fingerprint density at radius 2 is 0.864 bits per heavy atom. The van der Waals surface area contributed by atoms with Crippen LogP contribution in [0.5, 0.6) is 11.5 Å². The van der Waals surface area contributed by atoms with Crippen LogP contribution in [0.15, 0.2) is 90.9 Å². The summed E-state index contributed by atoms with van der Waals surface area (Å²) in [7, 11) is -10.4. The molecular formula is C22H18As2N4O14S2. The van der Waals surface area contributed by atoms with Gasteiger partial charge in [0.15, 0.2) is 0 Å². The Kier molecular flexibility index (Phi) is 8.81. The van der Waals surface area contributed by atoms with Gasteiger partial charge in [0, 0.05) is 0 Å². The summed E-state index contributed by atoms with van der Waals surface area (Å²) in [4.78, 5) is -2.22. The van der Waals surface area contributed by atoms with Gasteiger partial charge in [0.2, 0.25) is 0 Å². The van der Waals surface area contributed by atoms with Gasteiger partial charge >= 0.3 is 253 Å². The summed E-state index contributed by atoms with van der Waals surface area (Å²) in [5.41, 5.74) is -2.08. The molecule has 0 aliphatic heterocycles. The van der Waals surface area contributed by atoms with Crippen molar-refractivity contribution in [3.05, 3.63) is 60.7 Å². The van der Waals surface area contributed by atoms with Crippen LogP contribution in [0, 0.1) is 0 Å². The molecule has 0 aliphatic rings. The predicted molar refractivity (Wildman–Crippen MR) is 149 cm³/mol. The maximum absolute atomic E-state index is 12.1. The van der Waals surface area contributed by atoms with Crippen molar-refractivity contribution in [1.82, 2.24) is 0 Å².